The van der Waals surface area contributed by atoms with E-state index in [-0.39, 0.29) is 5.91 Å². The molecule has 0 saturated heterocycles. The lowest BCUT2D eigenvalue weighted by atomic mass is 10.2. The summed E-state index contributed by atoms with van der Waals surface area (Å²) in [6, 6.07) is 4.02. The average molecular weight is 207 g/mol. The Kier molecular flexibility index (Phi) is 4.28. The number of aromatic nitrogens is 1. The van der Waals surface area contributed by atoms with E-state index >= 15 is 0 Å². The lowest BCUT2D eigenvalue weighted by Crippen LogP contribution is -2.45. The Labute approximate surface area is 91.1 Å². The molecule has 0 unspecified atom stereocenters. The number of pyridine rings is 1. The van der Waals surface area contributed by atoms with Gasteiger partial charge in [0.2, 0.25) is 6.54 Å². The molecule has 3 heteroatoms. The summed E-state index contributed by atoms with van der Waals surface area (Å²) in [7, 11) is 0. The van der Waals surface area contributed by atoms with Gasteiger partial charge in [0.1, 0.15) is 0 Å². The number of hydrogen-bond acceptors (Lipinski definition) is 1. The van der Waals surface area contributed by atoms with Gasteiger partial charge in [-0.15, -0.1) is 0 Å². The quantitative estimate of drug-likeness (QED) is 0.737. The van der Waals surface area contributed by atoms with Crippen LogP contribution in [0, 0.1) is 13.8 Å². The van der Waals surface area contributed by atoms with Gasteiger partial charge in [-0.25, -0.2) is 0 Å². The lowest BCUT2D eigenvalue weighted by Gasteiger charge is -2.03. The van der Waals surface area contributed by atoms with Crippen molar-refractivity contribution in [3.63, 3.8) is 0 Å². The van der Waals surface area contributed by atoms with Crippen molar-refractivity contribution in [1.82, 2.24) is 5.32 Å². The van der Waals surface area contributed by atoms with Crippen LogP contribution in [0.1, 0.15) is 24.6 Å². The van der Waals surface area contributed by atoms with Crippen molar-refractivity contribution in [2.75, 3.05) is 6.54 Å². The van der Waals surface area contributed by atoms with E-state index in [0.29, 0.717) is 6.54 Å². The number of rotatable bonds is 4. The predicted octanol–water partition coefficient (Wildman–Crippen LogP) is 1.12. The highest BCUT2D eigenvalue weighted by Gasteiger charge is 2.12. The van der Waals surface area contributed by atoms with E-state index in [2.05, 4.69) is 18.3 Å². The van der Waals surface area contributed by atoms with Crippen molar-refractivity contribution in [1.29, 1.82) is 0 Å². The summed E-state index contributed by atoms with van der Waals surface area (Å²) in [5, 5.41) is 2.87. The Hall–Kier alpha value is -1.38. The zero-order chi connectivity index (χ0) is 11.3. The molecular weight excluding hydrogens is 188 g/mol. The van der Waals surface area contributed by atoms with Gasteiger partial charge >= 0.3 is 0 Å². The van der Waals surface area contributed by atoms with Crippen LogP contribution in [0.25, 0.3) is 0 Å². The van der Waals surface area contributed by atoms with Crippen molar-refractivity contribution < 1.29 is 9.36 Å². The first-order chi connectivity index (χ1) is 7.15. The highest BCUT2D eigenvalue weighted by atomic mass is 16.1. The summed E-state index contributed by atoms with van der Waals surface area (Å²) in [6.07, 6.45) is 2.91. The molecule has 1 heterocycles. The molecule has 1 aromatic heterocycles. The van der Waals surface area contributed by atoms with E-state index in [1.54, 1.807) is 0 Å². The van der Waals surface area contributed by atoms with Gasteiger partial charge in [-0.2, -0.15) is 4.57 Å². The van der Waals surface area contributed by atoms with Gasteiger partial charge in [0.05, 0.1) is 0 Å². The molecule has 0 aliphatic rings. The number of aryl methyl sites for hydroxylation is 1. The standard InChI is InChI=1S/C12H18N2O/c1-4-7-13-12(15)9-14-8-5-6-10(2)11(14)3/h5-6,8H,4,7,9H2,1-3H3/p+1. The zero-order valence-electron chi connectivity index (χ0n) is 9.71. The molecule has 0 aliphatic carbocycles. The van der Waals surface area contributed by atoms with Gasteiger partial charge in [-0.05, 0) is 19.4 Å². The molecule has 0 spiro atoms. The third-order valence-electron chi connectivity index (χ3n) is 2.50. The second kappa shape index (κ2) is 5.49. The molecule has 0 atom stereocenters. The summed E-state index contributed by atoms with van der Waals surface area (Å²) < 4.78 is 1.97. The van der Waals surface area contributed by atoms with Crippen LogP contribution in [-0.4, -0.2) is 12.5 Å². The van der Waals surface area contributed by atoms with Gasteiger partial charge in [-0.1, -0.05) is 6.92 Å². The Bertz CT molecular complexity index is 347. The van der Waals surface area contributed by atoms with Crippen molar-refractivity contribution in [2.45, 2.75) is 33.7 Å². The van der Waals surface area contributed by atoms with Gasteiger partial charge in [0, 0.05) is 25.1 Å². The molecule has 0 radical (unpaired) electrons. The van der Waals surface area contributed by atoms with Gasteiger partial charge in [0.15, 0.2) is 11.9 Å². The molecule has 1 amide bonds. The van der Waals surface area contributed by atoms with E-state index in [0.717, 1.165) is 18.7 Å². The molecule has 1 N–H and O–H groups in total. The maximum Gasteiger partial charge on any atom is 0.285 e. The number of amides is 1. The van der Waals surface area contributed by atoms with Crippen LogP contribution >= 0.6 is 0 Å². The largest absolute Gasteiger partial charge is 0.351 e. The monoisotopic (exact) mass is 207 g/mol. The summed E-state index contributed by atoms with van der Waals surface area (Å²) >= 11 is 0. The summed E-state index contributed by atoms with van der Waals surface area (Å²) in [5.74, 6) is 0.0792. The molecule has 0 saturated carbocycles. The zero-order valence-corrected chi connectivity index (χ0v) is 9.71. The molecule has 0 aliphatic heterocycles. The highest BCUT2D eigenvalue weighted by molar-refractivity contribution is 5.74. The van der Waals surface area contributed by atoms with E-state index < -0.39 is 0 Å². The number of carbonyl (C=O) groups excluding carboxylic acids is 1. The van der Waals surface area contributed by atoms with Crippen molar-refractivity contribution >= 4 is 5.91 Å². The Morgan fingerprint density at radius 2 is 2.20 bits per heavy atom. The topological polar surface area (TPSA) is 33.0 Å². The number of nitrogens with one attached hydrogen (secondary N) is 1. The Balaban J connectivity index is 2.64. The second-order valence-electron chi connectivity index (χ2n) is 3.75. The highest BCUT2D eigenvalue weighted by Crippen LogP contribution is 1.98. The van der Waals surface area contributed by atoms with Crippen LogP contribution in [0.3, 0.4) is 0 Å². The number of nitrogens with zero attached hydrogens (tertiary/aromatic N) is 1. The first-order valence-corrected chi connectivity index (χ1v) is 5.37. The molecule has 0 fully saturated rings. The summed E-state index contributed by atoms with van der Waals surface area (Å²) in [4.78, 5) is 11.5. The van der Waals surface area contributed by atoms with E-state index in [1.807, 2.05) is 30.7 Å². The second-order valence-corrected chi connectivity index (χ2v) is 3.75. The minimum Gasteiger partial charge on any atom is -0.351 e. The molecule has 82 valence electrons. The Morgan fingerprint density at radius 3 is 2.87 bits per heavy atom. The van der Waals surface area contributed by atoms with Crippen molar-refractivity contribution in [2.24, 2.45) is 0 Å². The normalized spacial score (nSPS) is 10.1. The maximum absolute atomic E-state index is 11.5. The maximum atomic E-state index is 11.5. The average Bonchev–Trinajstić information content (AvgIpc) is 2.22. The third kappa shape index (κ3) is 3.35. The summed E-state index contributed by atoms with van der Waals surface area (Å²) in [6.45, 7) is 7.29. The first kappa shape index (κ1) is 11.7. The van der Waals surface area contributed by atoms with E-state index in [4.69, 9.17) is 0 Å². The Morgan fingerprint density at radius 1 is 1.47 bits per heavy atom. The fourth-order valence-corrected chi connectivity index (χ4v) is 1.40. The third-order valence-corrected chi connectivity index (χ3v) is 2.50. The van der Waals surface area contributed by atoms with Crippen LogP contribution < -0.4 is 9.88 Å². The minimum atomic E-state index is 0.0792. The molecule has 1 rings (SSSR count). The molecule has 0 bridgehead atoms. The SMILES string of the molecule is CCCNC(=O)C[n+]1cccc(C)c1C. The van der Waals surface area contributed by atoms with Crippen molar-refractivity contribution in [3.8, 4) is 0 Å². The summed E-state index contributed by atoms with van der Waals surface area (Å²) in [5.41, 5.74) is 2.35. The van der Waals surface area contributed by atoms with Gasteiger partial charge in [0.25, 0.3) is 5.91 Å². The van der Waals surface area contributed by atoms with Gasteiger partial charge in [-0.3, -0.25) is 4.79 Å². The van der Waals surface area contributed by atoms with Crippen LogP contribution in [0.4, 0.5) is 0 Å². The number of hydrogen-bond donors (Lipinski definition) is 1. The fourth-order valence-electron chi connectivity index (χ4n) is 1.40. The number of carbonyl (C=O) groups is 1. The van der Waals surface area contributed by atoms with Crippen LogP contribution in [-0.2, 0) is 11.3 Å². The minimum absolute atomic E-state index is 0.0792. The molecule has 3 nitrogen and oxygen atoms in total. The lowest BCUT2D eigenvalue weighted by molar-refractivity contribution is -0.690. The fraction of sp³-hybridized carbons (Fsp3) is 0.500. The van der Waals surface area contributed by atoms with E-state index in [9.17, 15) is 4.79 Å². The smallest absolute Gasteiger partial charge is 0.285 e. The molecule has 1 aromatic rings. The molecule has 0 aromatic carbocycles. The first-order valence-electron chi connectivity index (χ1n) is 5.37. The van der Waals surface area contributed by atoms with Crippen LogP contribution in [0.5, 0.6) is 0 Å². The van der Waals surface area contributed by atoms with Gasteiger partial charge < -0.3 is 5.32 Å². The molecular formula is C12H19N2O+. The van der Waals surface area contributed by atoms with Crippen LogP contribution in [0.15, 0.2) is 18.3 Å². The van der Waals surface area contributed by atoms with Crippen LogP contribution in [0.2, 0.25) is 0 Å². The van der Waals surface area contributed by atoms with Crippen molar-refractivity contribution in [3.05, 3.63) is 29.6 Å². The van der Waals surface area contributed by atoms with E-state index in [1.165, 1.54) is 5.56 Å². The predicted molar refractivity (Wildman–Crippen MR) is 59.4 cm³/mol. The molecule has 15 heavy (non-hydrogen) atoms.